The summed E-state index contributed by atoms with van der Waals surface area (Å²) in [6.45, 7) is 7.42. The highest BCUT2D eigenvalue weighted by molar-refractivity contribution is 6.00. The van der Waals surface area contributed by atoms with Crippen LogP contribution in [0.4, 0.5) is 0 Å². The third kappa shape index (κ3) is 1.86. The van der Waals surface area contributed by atoms with Crippen molar-refractivity contribution >= 4 is 44.9 Å². The van der Waals surface area contributed by atoms with Crippen LogP contribution in [0.2, 0.25) is 0 Å². The summed E-state index contributed by atoms with van der Waals surface area (Å²) in [5, 5.41) is 1.56. The Bertz CT molecular complexity index is 1280. The van der Waals surface area contributed by atoms with Crippen LogP contribution >= 0.6 is 0 Å². The van der Waals surface area contributed by atoms with E-state index in [2.05, 4.69) is 23.1 Å². The van der Waals surface area contributed by atoms with E-state index in [0.29, 0.717) is 38.4 Å². The van der Waals surface area contributed by atoms with E-state index >= 15 is 0 Å². The lowest BCUT2D eigenvalue weighted by Crippen LogP contribution is -2.11. The Kier molecular flexibility index (Phi) is 3.00. The lowest BCUT2D eigenvalue weighted by atomic mass is 10.0. The topological polar surface area (TPSA) is 65.7 Å². The Balaban J connectivity index is 2.26. The Morgan fingerprint density at radius 2 is 1.46 bits per heavy atom. The van der Waals surface area contributed by atoms with E-state index in [9.17, 15) is 9.59 Å². The van der Waals surface area contributed by atoms with Crippen molar-refractivity contribution in [2.24, 2.45) is 0 Å². The molecule has 116 valence electrons. The monoisotopic (exact) mass is 314 g/mol. The first-order valence-electron chi connectivity index (χ1n) is 7.53. The Morgan fingerprint density at radius 3 is 2.21 bits per heavy atom. The van der Waals surface area contributed by atoms with Crippen LogP contribution in [-0.2, 0) is 0 Å². The number of aromatic nitrogens is 2. The van der Waals surface area contributed by atoms with Gasteiger partial charge in [-0.3, -0.25) is 9.59 Å². The number of benzene rings is 2. The number of H-pyrrole nitrogens is 2. The maximum atomic E-state index is 12.8. The fourth-order valence-corrected chi connectivity index (χ4v) is 3.11. The van der Waals surface area contributed by atoms with E-state index in [1.54, 1.807) is 24.3 Å². The molecule has 0 spiro atoms. The largest absolute Gasteiger partial charge is 0.354 e. The molecule has 0 unspecified atom stereocenters. The first-order chi connectivity index (χ1) is 11.6. The molecule has 2 heterocycles. The highest BCUT2D eigenvalue weighted by atomic mass is 16.1. The molecule has 4 nitrogen and oxygen atoms in total. The van der Waals surface area contributed by atoms with Gasteiger partial charge in [-0.15, -0.1) is 0 Å². The molecule has 0 amide bonds. The molecule has 4 heteroatoms. The quantitative estimate of drug-likeness (QED) is 0.553. The number of hydrogen-bond donors (Lipinski definition) is 2. The first-order valence-corrected chi connectivity index (χ1v) is 7.53. The van der Waals surface area contributed by atoms with Gasteiger partial charge in [0.1, 0.15) is 0 Å². The fraction of sp³-hybridized carbons (Fsp3) is 0. The summed E-state index contributed by atoms with van der Waals surface area (Å²) in [4.78, 5) is 31.9. The second-order valence-electron chi connectivity index (χ2n) is 5.63. The zero-order valence-electron chi connectivity index (χ0n) is 12.8. The predicted octanol–water partition coefficient (Wildman–Crippen LogP) is 3.81. The maximum Gasteiger partial charge on any atom is 0.197 e. The lowest BCUT2D eigenvalue weighted by molar-refractivity contribution is 1.33. The average molecular weight is 314 g/mol. The molecule has 0 bridgehead atoms. The van der Waals surface area contributed by atoms with Crippen LogP contribution in [0.5, 0.6) is 0 Å². The van der Waals surface area contributed by atoms with E-state index in [1.807, 2.05) is 18.2 Å². The van der Waals surface area contributed by atoms with Crippen LogP contribution in [0, 0.1) is 0 Å². The molecule has 0 saturated heterocycles. The number of nitrogens with one attached hydrogen (secondary N) is 2. The highest BCUT2D eigenvalue weighted by Gasteiger charge is 2.11. The Hall–Kier alpha value is -3.40. The minimum atomic E-state index is -0.164. The highest BCUT2D eigenvalue weighted by Crippen LogP contribution is 2.21. The van der Waals surface area contributed by atoms with E-state index in [0.717, 1.165) is 5.52 Å². The molecule has 0 atom stereocenters. The van der Waals surface area contributed by atoms with Crippen molar-refractivity contribution in [3.8, 4) is 0 Å². The van der Waals surface area contributed by atoms with Crippen molar-refractivity contribution in [1.82, 2.24) is 9.97 Å². The maximum absolute atomic E-state index is 12.8. The third-order valence-electron chi connectivity index (χ3n) is 4.30. The van der Waals surface area contributed by atoms with Gasteiger partial charge in [-0.1, -0.05) is 31.4 Å². The van der Waals surface area contributed by atoms with Gasteiger partial charge >= 0.3 is 0 Å². The molecular weight excluding hydrogens is 300 g/mol. The van der Waals surface area contributed by atoms with Crippen LogP contribution in [0.3, 0.4) is 0 Å². The summed E-state index contributed by atoms with van der Waals surface area (Å²) in [6.07, 6.45) is 3.09. The average Bonchev–Trinajstić information content (AvgIpc) is 2.60. The van der Waals surface area contributed by atoms with Gasteiger partial charge in [0.15, 0.2) is 10.9 Å². The molecule has 2 aromatic carbocycles. The molecule has 0 fully saturated rings. The molecule has 0 aliphatic heterocycles. The van der Waals surface area contributed by atoms with Gasteiger partial charge in [0.25, 0.3) is 0 Å². The van der Waals surface area contributed by atoms with Crippen LogP contribution in [0.25, 0.3) is 44.9 Å². The van der Waals surface area contributed by atoms with E-state index < -0.39 is 0 Å². The zero-order chi connectivity index (χ0) is 16.8. The molecule has 24 heavy (non-hydrogen) atoms. The Labute approximate surface area is 136 Å². The molecule has 0 aliphatic carbocycles. The molecule has 2 aromatic heterocycles. The number of rotatable bonds is 2. The standard InChI is InChI=1S/C20H14N2O2/c1-3-11-15(4-2)21-17-10-18-14(9-13(17)19(11)23)20(24)12-7-5-6-8-16(12)22-18/h3-10H,1-2H2,(H,21,23)(H,22,24). The zero-order valence-corrected chi connectivity index (χ0v) is 12.8. The molecule has 4 aromatic rings. The van der Waals surface area contributed by atoms with Crippen LogP contribution in [-0.4, -0.2) is 9.97 Å². The number of para-hydroxylation sites is 1. The van der Waals surface area contributed by atoms with Crippen molar-refractivity contribution < 1.29 is 0 Å². The summed E-state index contributed by atoms with van der Waals surface area (Å²) in [7, 11) is 0. The van der Waals surface area contributed by atoms with Crippen LogP contribution in [0.1, 0.15) is 11.3 Å². The SMILES string of the molecule is C=Cc1[nH]c2cc3[nH]c4ccccc4c(=O)c3cc2c(=O)c1C=C. The number of aromatic amines is 2. The molecule has 2 N–H and O–H groups in total. The summed E-state index contributed by atoms with van der Waals surface area (Å²) in [6, 6.07) is 10.8. The Morgan fingerprint density at radius 1 is 0.750 bits per heavy atom. The van der Waals surface area contributed by atoms with Crippen molar-refractivity contribution in [2.75, 3.05) is 0 Å². The van der Waals surface area contributed by atoms with Crippen LogP contribution < -0.4 is 10.9 Å². The number of fused-ring (bicyclic) bond motifs is 3. The van der Waals surface area contributed by atoms with Gasteiger partial charge in [0.05, 0.1) is 11.0 Å². The first kappa shape index (κ1) is 14.2. The van der Waals surface area contributed by atoms with Gasteiger partial charge in [-0.05, 0) is 30.3 Å². The fourth-order valence-electron chi connectivity index (χ4n) is 3.11. The van der Waals surface area contributed by atoms with Gasteiger partial charge in [0, 0.05) is 32.9 Å². The van der Waals surface area contributed by atoms with Crippen molar-refractivity contribution in [1.29, 1.82) is 0 Å². The smallest absolute Gasteiger partial charge is 0.197 e. The van der Waals surface area contributed by atoms with Gasteiger partial charge in [-0.2, -0.15) is 0 Å². The molecule has 0 radical (unpaired) electrons. The minimum absolute atomic E-state index is 0.0893. The number of pyridine rings is 2. The summed E-state index contributed by atoms with van der Waals surface area (Å²) in [5.74, 6) is 0. The van der Waals surface area contributed by atoms with E-state index in [1.165, 1.54) is 6.08 Å². The van der Waals surface area contributed by atoms with Gasteiger partial charge in [-0.25, -0.2) is 0 Å². The van der Waals surface area contributed by atoms with E-state index in [4.69, 9.17) is 0 Å². The molecule has 0 saturated carbocycles. The van der Waals surface area contributed by atoms with Gasteiger partial charge < -0.3 is 9.97 Å². The van der Waals surface area contributed by atoms with Crippen LogP contribution in [0.15, 0.2) is 59.1 Å². The summed E-state index contributed by atoms with van der Waals surface area (Å²) in [5.41, 5.74) is 2.92. The second-order valence-corrected chi connectivity index (χ2v) is 5.63. The van der Waals surface area contributed by atoms with E-state index in [-0.39, 0.29) is 10.9 Å². The normalized spacial score (nSPS) is 11.2. The molecular formula is C20H14N2O2. The number of hydrogen-bond acceptors (Lipinski definition) is 2. The predicted molar refractivity (Wildman–Crippen MR) is 100 cm³/mol. The molecule has 0 aliphatic rings. The second kappa shape index (κ2) is 5.06. The van der Waals surface area contributed by atoms with Crippen molar-refractivity contribution in [3.05, 3.63) is 81.3 Å². The summed E-state index contributed by atoms with van der Waals surface area (Å²) >= 11 is 0. The lowest BCUT2D eigenvalue weighted by Gasteiger charge is -2.08. The molecule has 4 rings (SSSR count). The minimum Gasteiger partial charge on any atom is -0.354 e. The summed E-state index contributed by atoms with van der Waals surface area (Å²) < 4.78 is 0. The van der Waals surface area contributed by atoms with Crippen molar-refractivity contribution in [2.45, 2.75) is 0 Å². The third-order valence-corrected chi connectivity index (χ3v) is 4.30. The van der Waals surface area contributed by atoms with Gasteiger partial charge in [0.2, 0.25) is 0 Å². The van der Waals surface area contributed by atoms with Crippen molar-refractivity contribution in [3.63, 3.8) is 0 Å².